The second-order valence-corrected chi connectivity index (χ2v) is 6.02. The molecule has 0 aliphatic carbocycles. The first-order valence-electron chi connectivity index (χ1n) is 5.79. The van der Waals surface area contributed by atoms with Crippen LogP contribution in [0.4, 0.5) is 0 Å². The summed E-state index contributed by atoms with van der Waals surface area (Å²) >= 11 is 5.23. The van der Waals surface area contributed by atoms with E-state index < -0.39 is 0 Å². The van der Waals surface area contributed by atoms with Gasteiger partial charge in [0.15, 0.2) is 0 Å². The smallest absolute Gasteiger partial charge is 0.118 e. The molecule has 0 spiro atoms. The number of halogens is 1. The van der Waals surface area contributed by atoms with E-state index in [2.05, 4.69) is 51.7 Å². The zero-order chi connectivity index (χ0) is 13.0. The maximum atomic E-state index is 5.16. The highest BCUT2D eigenvalue weighted by atomic mass is 79.9. The summed E-state index contributed by atoms with van der Waals surface area (Å²) in [7, 11) is 1.69. The Morgan fingerprint density at radius 1 is 1.33 bits per heavy atom. The van der Waals surface area contributed by atoms with Crippen LogP contribution in [0.15, 0.2) is 40.2 Å². The SMILES string of the molecule is COc1ccc(C(C)NCc2cc(Br)cs2)cc1. The molecule has 4 heteroatoms. The fourth-order valence-electron chi connectivity index (χ4n) is 1.71. The molecule has 96 valence electrons. The Hall–Kier alpha value is -0.840. The Morgan fingerprint density at radius 3 is 2.61 bits per heavy atom. The summed E-state index contributed by atoms with van der Waals surface area (Å²) in [6.45, 7) is 3.06. The topological polar surface area (TPSA) is 21.3 Å². The third-order valence-electron chi connectivity index (χ3n) is 2.82. The van der Waals surface area contributed by atoms with Crippen molar-refractivity contribution in [1.82, 2.24) is 5.32 Å². The van der Waals surface area contributed by atoms with Crippen LogP contribution in [0.1, 0.15) is 23.4 Å². The Kier molecular flexibility index (Phi) is 4.80. The van der Waals surface area contributed by atoms with Gasteiger partial charge in [-0.2, -0.15) is 0 Å². The second-order valence-electron chi connectivity index (χ2n) is 4.11. The van der Waals surface area contributed by atoms with Gasteiger partial charge in [0, 0.05) is 27.3 Å². The number of ether oxygens (including phenoxy) is 1. The normalized spacial score (nSPS) is 12.4. The number of nitrogens with one attached hydrogen (secondary N) is 1. The number of hydrogen-bond donors (Lipinski definition) is 1. The monoisotopic (exact) mass is 325 g/mol. The molecule has 0 aliphatic rings. The van der Waals surface area contributed by atoms with Gasteiger partial charge in [0.25, 0.3) is 0 Å². The molecule has 1 unspecified atom stereocenters. The molecule has 1 heterocycles. The first-order valence-corrected chi connectivity index (χ1v) is 7.46. The van der Waals surface area contributed by atoms with Gasteiger partial charge in [-0.1, -0.05) is 12.1 Å². The molecule has 2 nitrogen and oxygen atoms in total. The zero-order valence-electron chi connectivity index (χ0n) is 10.4. The molecular weight excluding hydrogens is 310 g/mol. The van der Waals surface area contributed by atoms with Crippen molar-refractivity contribution in [1.29, 1.82) is 0 Å². The van der Waals surface area contributed by atoms with Crippen LogP contribution in [0.5, 0.6) is 5.75 Å². The van der Waals surface area contributed by atoms with E-state index in [0.717, 1.165) is 16.8 Å². The van der Waals surface area contributed by atoms with Crippen molar-refractivity contribution in [3.63, 3.8) is 0 Å². The quantitative estimate of drug-likeness (QED) is 0.881. The van der Waals surface area contributed by atoms with Crippen molar-refractivity contribution in [2.24, 2.45) is 0 Å². The molecule has 2 rings (SSSR count). The van der Waals surface area contributed by atoms with E-state index in [4.69, 9.17) is 4.74 Å². The summed E-state index contributed by atoms with van der Waals surface area (Å²) in [4.78, 5) is 1.34. The van der Waals surface area contributed by atoms with Crippen LogP contribution in [0, 0.1) is 0 Å². The molecule has 0 amide bonds. The maximum absolute atomic E-state index is 5.16. The van der Waals surface area contributed by atoms with Crippen molar-refractivity contribution in [3.8, 4) is 5.75 Å². The van der Waals surface area contributed by atoms with Gasteiger partial charge in [-0.05, 0) is 46.6 Å². The molecule has 0 bridgehead atoms. The summed E-state index contributed by atoms with van der Waals surface area (Å²) < 4.78 is 6.31. The lowest BCUT2D eigenvalue weighted by Gasteiger charge is -2.14. The highest BCUT2D eigenvalue weighted by Crippen LogP contribution is 2.21. The molecule has 0 aliphatic heterocycles. The van der Waals surface area contributed by atoms with Crippen molar-refractivity contribution in [2.75, 3.05) is 7.11 Å². The van der Waals surface area contributed by atoms with E-state index in [0.29, 0.717) is 6.04 Å². The molecule has 1 aromatic heterocycles. The molecule has 0 saturated heterocycles. The van der Waals surface area contributed by atoms with Crippen molar-refractivity contribution >= 4 is 27.3 Å². The van der Waals surface area contributed by atoms with Crippen LogP contribution >= 0.6 is 27.3 Å². The molecule has 18 heavy (non-hydrogen) atoms. The van der Waals surface area contributed by atoms with Gasteiger partial charge < -0.3 is 10.1 Å². The minimum atomic E-state index is 0.330. The Labute approximate surface area is 120 Å². The highest BCUT2D eigenvalue weighted by Gasteiger charge is 2.05. The average Bonchev–Trinajstić information content (AvgIpc) is 2.82. The predicted molar refractivity (Wildman–Crippen MR) is 80.3 cm³/mol. The lowest BCUT2D eigenvalue weighted by Crippen LogP contribution is -2.17. The summed E-state index contributed by atoms with van der Waals surface area (Å²) in [5, 5.41) is 5.62. The van der Waals surface area contributed by atoms with Crippen LogP contribution in [0.2, 0.25) is 0 Å². The molecule has 1 N–H and O–H groups in total. The molecule has 1 aromatic carbocycles. The van der Waals surface area contributed by atoms with Gasteiger partial charge in [-0.3, -0.25) is 0 Å². The number of benzene rings is 1. The summed E-state index contributed by atoms with van der Waals surface area (Å²) in [6, 6.07) is 10.7. The Bertz CT molecular complexity index is 495. The Morgan fingerprint density at radius 2 is 2.06 bits per heavy atom. The van der Waals surface area contributed by atoms with E-state index in [-0.39, 0.29) is 0 Å². The molecule has 0 fully saturated rings. The summed E-state index contributed by atoms with van der Waals surface area (Å²) in [5.41, 5.74) is 1.27. The minimum absolute atomic E-state index is 0.330. The lowest BCUT2D eigenvalue weighted by molar-refractivity contribution is 0.414. The summed E-state index contributed by atoms with van der Waals surface area (Å²) in [5.74, 6) is 0.896. The van der Waals surface area contributed by atoms with E-state index in [9.17, 15) is 0 Å². The molecule has 0 saturated carbocycles. The molecule has 2 aromatic rings. The van der Waals surface area contributed by atoms with Crippen molar-refractivity contribution in [2.45, 2.75) is 19.5 Å². The van der Waals surface area contributed by atoms with Gasteiger partial charge in [0.1, 0.15) is 5.75 Å². The van der Waals surface area contributed by atoms with Gasteiger partial charge in [-0.25, -0.2) is 0 Å². The van der Waals surface area contributed by atoms with Crippen LogP contribution < -0.4 is 10.1 Å². The maximum Gasteiger partial charge on any atom is 0.118 e. The minimum Gasteiger partial charge on any atom is -0.497 e. The van der Waals surface area contributed by atoms with Crippen LogP contribution in [-0.4, -0.2) is 7.11 Å². The van der Waals surface area contributed by atoms with Gasteiger partial charge in [0.05, 0.1) is 7.11 Å². The van der Waals surface area contributed by atoms with E-state index >= 15 is 0 Å². The summed E-state index contributed by atoms with van der Waals surface area (Å²) in [6.07, 6.45) is 0. The van der Waals surface area contributed by atoms with Gasteiger partial charge >= 0.3 is 0 Å². The van der Waals surface area contributed by atoms with Crippen LogP contribution in [0.3, 0.4) is 0 Å². The van der Waals surface area contributed by atoms with E-state index in [1.165, 1.54) is 10.4 Å². The van der Waals surface area contributed by atoms with Crippen molar-refractivity contribution < 1.29 is 4.74 Å². The zero-order valence-corrected chi connectivity index (χ0v) is 12.8. The first kappa shape index (κ1) is 13.6. The van der Waals surface area contributed by atoms with E-state index in [1.807, 2.05) is 12.1 Å². The number of rotatable bonds is 5. The molecule has 0 radical (unpaired) electrons. The molecular formula is C14H16BrNOS. The second kappa shape index (κ2) is 6.36. The number of methoxy groups -OCH3 is 1. The van der Waals surface area contributed by atoms with Crippen molar-refractivity contribution in [3.05, 3.63) is 50.6 Å². The fraction of sp³-hybridized carbons (Fsp3) is 0.286. The third kappa shape index (κ3) is 3.57. The van der Waals surface area contributed by atoms with E-state index in [1.54, 1.807) is 18.4 Å². The van der Waals surface area contributed by atoms with Crippen LogP contribution in [-0.2, 0) is 6.54 Å². The largest absolute Gasteiger partial charge is 0.497 e. The molecule has 1 atom stereocenters. The third-order valence-corrected chi connectivity index (χ3v) is 4.52. The fourth-order valence-corrected chi connectivity index (χ4v) is 3.11. The van der Waals surface area contributed by atoms with Crippen LogP contribution in [0.25, 0.3) is 0 Å². The van der Waals surface area contributed by atoms with Gasteiger partial charge in [-0.15, -0.1) is 11.3 Å². The average molecular weight is 326 g/mol. The standard InChI is InChI=1S/C14H16BrNOS/c1-10(11-3-5-13(17-2)6-4-11)16-8-14-7-12(15)9-18-14/h3-7,9-10,16H,8H2,1-2H3. The Balaban J connectivity index is 1.92. The van der Waals surface area contributed by atoms with Gasteiger partial charge in [0.2, 0.25) is 0 Å². The predicted octanol–water partition coefficient (Wildman–Crippen LogP) is 4.37. The number of thiophene rings is 1. The first-order chi connectivity index (χ1) is 8.69. The highest BCUT2D eigenvalue weighted by molar-refractivity contribution is 9.10. The number of hydrogen-bond acceptors (Lipinski definition) is 3. The lowest BCUT2D eigenvalue weighted by atomic mass is 10.1.